The predicted octanol–water partition coefficient (Wildman–Crippen LogP) is 6.36. The Labute approximate surface area is 417 Å². The van der Waals surface area contributed by atoms with Crippen molar-refractivity contribution in [1.29, 1.82) is 0 Å². The zero-order valence-corrected chi connectivity index (χ0v) is 43.5. The summed E-state index contributed by atoms with van der Waals surface area (Å²) in [7, 11) is 1.91. The molecule has 2 heterocycles. The van der Waals surface area contributed by atoms with E-state index in [-0.39, 0.29) is 85.1 Å². The number of carbonyl (C=O) groups excluding carboxylic acids is 5. The Hall–Kier alpha value is -5.42. The van der Waals surface area contributed by atoms with E-state index >= 15 is 0 Å². The number of esters is 1. The molecule has 2 aromatic rings. The van der Waals surface area contributed by atoms with Crippen LogP contribution in [0.2, 0.25) is 0 Å². The second-order valence-electron chi connectivity index (χ2n) is 19.6. The number of carboxylic acid groups (broad SMARTS) is 2. The normalized spacial score (nSPS) is 16.8. The maximum absolute atomic E-state index is 14.8. The van der Waals surface area contributed by atoms with Crippen molar-refractivity contribution >= 4 is 58.6 Å². The molecule has 0 bridgehead atoms. The molecule has 1 aliphatic rings. The average molecular weight is 996 g/mol. The monoisotopic (exact) mass is 996 g/mol. The zero-order chi connectivity index (χ0) is 52.3. The van der Waals surface area contributed by atoms with Crippen LogP contribution >= 0.6 is 11.3 Å². The number of anilines is 1. The van der Waals surface area contributed by atoms with Crippen molar-refractivity contribution in [2.75, 3.05) is 25.5 Å². The summed E-state index contributed by atoms with van der Waals surface area (Å²) in [5.41, 5.74) is -0.0315. The lowest BCUT2D eigenvalue weighted by Crippen LogP contribution is -2.58. The van der Waals surface area contributed by atoms with Crippen molar-refractivity contribution in [2.45, 2.75) is 175 Å². The predicted molar refractivity (Wildman–Crippen MR) is 267 cm³/mol. The molecule has 1 aliphatic heterocycles. The Kier molecular flexibility index (Phi) is 23.9. The highest BCUT2D eigenvalue weighted by molar-refractivity contribution is 7.09. The number of terminal acetylenes is 1. The van der Waals surface area contributed by atoms with Crippen LogP contribution in [0.3, 0.4) is 0 Å². The van der Waals surface area contributed by atoms with E-state index in [0.717, 1.165) is 36.3 Å². The largest absolute Gasteiger partial charge is 0.481 e. The van der Waals surface area contributed by atoms with Gasteiger partial charge in [-0.25, -0.2) is 10.0 Å². The number of aromatic nitrogens is 1. The van der Waals surface area contributed by atoms with E-state index in [4.69, 9.17) is 16.0 Å². The van der Waals surface area contributed by atoms with Gasteiger partial charge in [0.05, 0.1) is 30.1 Å². The lowest BCUT2D eigenvalue weighted by Gasteiger charge is -2.39. The first kappa shape index (κ1) is 58.9. The van der Waals surface area contributed by atoms with E-state index < -0.39 is 65.4 Å². The van der Waals surface area contributed by atoms with E-state index in [1.165, 1.54) is 17.4 Å². The molecule has 4 amide bonds. The lowest BCUT2D eigenvalue weighted by atomic mass is 9.84. The van der Waals surface area contributed by atoms with Gasteiger partial charge in [-0.3, -0.25) is 43.3 Å². The third-order valence-corrected chi connectivity index (χ3v) is 13.4. The molecule has 3 rings (SSSR count). The molecule has 18 nitrogen and oxygen atoms in total. The number of thiazole rings is 1. The van der Waals surface area contributed by atoms with Gasteiger partial charge in [0.2, 0.25) is 11.8 Å². The topological polar surface area (TPSA) is 246 Å². The molecule has 1 fully saturated rings. The standard InChI is InChI=1S/C51H77N7O11S/c1-12-14-17-26-68-58(49(65)44(33(7)13-2)56-47(64)40-18-15-16-25-57(40)11)41(31(3)4)28-42(69-34(8)59)48-55-39(30-70-48)46(63)54-37(29-51(9,10)50(66)67)27-35-19-21-36(22-20-35)53-45(62)38(52-32(5)6)23-24-43(60)61/h1,19-22,30-33,37-38,40-42,44,52H,13-18,23-29H2,2-11H3,(H,53,62)(H,54,63)(H,56,64)(H,60,61)(H,66,67)/t33-,37-,38+,40+,41+,42+,44-/m0/s1. The fourth-order valence-electron chi connectivity index (χ4n) is 8.27. The number of likely N-dealkylation sites (N-methyl/N-ethyl adjacent to an activating group) is 1. The summed E-state index contributed by atoms with van der Waals surface area (Å²) in [6, 6.07) is 3.36. The molecule has 70 heavy (non-hydrogen) atoms. The second-order valence-corrected chi connectivity index (χ2v) is 20.5. The zero-order valence-electron chi connectivity index (χ0n) is 42.7. The summed E-state index contributed by atoms with van der Waals surface area (Å²) >= 11 is 1.09. The second kappa shape index (κ2) is 28.4. The molecular formula is C51H77N7O11S. The number of aliphatic carboxylic acids is 2. The van der Waals surface area contributed by atoms with Crippen molar-refractivity contribution < 1.29 is 53.3 Å². The van der Waals surface area contributed by atoms with Gasteiger partial charge in [0.1, 0.15) is 16.7 Å². The quantitative estimate of drug-likeness (QED) is 0.0225. The molecule has 1 aromatic carbocycles. The van der Waals surface area contributed by atoms with Gasteiger partial charge in [0, 0.05) is 49.3 Å². The van der Waals surface area contributed by atoms with Crippen LogP contribution in [0.25, 0.3) is 0 Å². The minimum atomic E-state index is -1.24. The fourth-order valence-corrected chi connectivity index (χ4v) is 9.11. The van der Waals surface area contributed by atoms with E-state index in [1.54, 1.807) is 38.1 Å². The highest BCUT2D eigenvalue weighted by Crippen LogP contribution is 2.33. The molecule has 0 radical (unpaired) electrons. The van der Waals surface area contributed by atoms with Crippen molar-refractivity contribution in [3.8, 4) is 12.3 Å². The van der Waals surface area contributed by atoms with Gasteiger partial charge in [-0.1, -0.05) is 66.5 Å². The first-order chi connectivity index (χ1) is 33.0. The van der Waals surface area contributed by atoms with Crippen LogP contribution < -0.4 is 21.3 Å². The minimum Gasteiger partial charge on any atom is -0.481 e. The Morgan fingerprint density at radius 2 is 1.71 bits per heavy atom. The molecule has 19 heteroatoms. The number of nitrogens with zero attached hydrogens (tertiary/aromatic N) is 3. The number of unbranched alkanes of at least 4 members (excludes halogenated alkanes) is 1. The summed E-state index contributed by atoms with van der Waals surface area (Å²) in [5, 5.41) is 34.3. The minimum absolute atomic E-state index is 0.00703. The van der Waals surface area contributed by atoms with Crippen molar-refractivity contribution in [3.05, 3.63) is 45.9 Å². The Balaban J connectivity index is 1.91. The summed E-state index contributed by atoms with van der Waals surface area (Å²) in [5.74, 6) is -2.27. The van der Waals surface area contributed by atoms with E-state index in [2.05, 4.69) is 32.2 Å². The van der Waals surface area contributed by atoms with Crippen LogP contribution in [0.5, 0.6) is 0 Å². The molecule has 0 unspecified atom stereocenters. The molecule has 0 aliphatic carbocycles. The molecule has 0 spiro atoms. The highest BCUT2D eigenvalue weighted by Gasteiger charge is 2.40. The van der Waals surface area contributed by atoms with Crippen LogP contribution in [0.15, 0.2) is 29.6 Å². The Bertz CT molecular complexity index is 2100. The van der Waals surface area contributed by atoms with Gasteiger partial charge >= 0.3 is 17.9 Å². The van der Waals surface area contributed by atoms with Gasteiger partial charge < -0.3 is 36.2 Å². The maximum atomic E-state index is 14.8. The Morgan fingerprint density at radius 3 is 2.29 bits per heavy atom. The van der Waals surface area contributed by atoms with E-state index in [9.17, 15) is 43.8 Å². The van der Waals surface area contributed by atoms with Crippen LogP contribution in [0.4, 0.5) is 5.69 Å². The Morgan fingerprint density at radius 1 is 1.03 bits per heavy atom. The van der Waals surface area contributed by atoms with Gasteiger partial charge in [-0.15, -0.1) is 23.7 Å². The molecule has 6 N–H and O–H groups in total. The maximum Gasteiger partial charge on any atom is 0.309 e. The highest BCUT2D eigenvalue weighted by atomic mass is 32.1. The van der Waals surface area contributed by atoms with E-state index in [1.807, 2.05) is 53.5 Å². The third-order valence-electron chi connectivity index (χ3n) is 12.5. The number of hydroxylamine groups is 2. The molecule has 388 valence electrons. The van der Waals surface area contributed by atoms with Crippen LogP contribution in [0.1, 0.15) is 154 Å². The number of carboxylic acids is 2. The fraction of sp³-hybridized carbons (Fsp3) is 0.647. The average Bonchev–Trinajstić information content (AvgIpc) is 3.79. The van der Waals surface area contributed by atoms with Crippen LogP contribution in [-0.4, -0.2) is 123 Å². The van der Waals surface area contributed by atoms with Crippen LogP contribution in [-0.2, 0) is 44.8 Å². The number of likely N-dealkylation sites (tertiary alicyclic amines) is 1. The third kappa shape index (κ3) is 18.7. The number of nitrogens with one attached hydrogen (secondary N) is 4. The number of amides is 4. The summed E-state index contributed by atoms with van der Waals surface area (Å²) in [6.07, 6.45) is 8.75. The summed E-state index contributed by atoms with van der Waals surface area (Å²) in [4.78, 5) is 105. The number of ether oxygens (including phenoxy) is 1. The lowest BCUT2D eigenvalue weighted by molar-refractivity contribution is -0.213. The molecule has 7 atom stereocenters. The smallest absolute Gasteiger partial charge is 0.309 e. The summed E-state index contributed by atoms with van der Waals surface area (Å²) in [6.45, 7) is 16.7. The van der Waals surface area contributed by atoms with Gasteiger partial charge in [0.15, 0.2) is 6.10 Å². The van der Waals surface area contributed by atoms with Crippen LogP contribution in [0, 0.1) is 29.6 Å². The number of carbonyl (C=O) groups is 7. The van der Waals surface area contributed by atoms with Gasteiger partial charge in [0.25, 0.3) is 11.8 Å². The SMILES string of the molecule is C#CCCCON(C(=O)[C@@H](NC(=O)[C@H]1CCCCN1C)[C@@H](C)CC)[C@H](C[C@@H](OC(C)=O)c1nc(C(=O)N[C@@H](Cc2ccc(NC(=O)[C@@H](CCC(=O)O)NC(C)C)cc2)CC(C)(C)C(=O)O)cs1)C(C)C. The molecular weight excluding hydrogens is 919 g/mol. The summed E-state index contributed by atoms with van der Waals surface area (Å²) < 4.78 is 5.87. The molecule has 0 saturated carbocycles. The number of rotatable bonds is 29. The van der Waals surface area contributed by atoms with Crippen molar-refractivity contribution in [3.63, 3.8) is 0 Å². The van der Waals surface area contributed by atoms with Crippen molar-refractivity contribution in [2.24, 2.45) is 17.3 Å². The van der Waals surface area contributed by atoms with Gasteiger partial charge in [-0.05, 0) is 95.5 Å². The number of hydrogen-bond donors (Lipinski definition) is 6. The number of hydrogen-bond acceptors (Lipinski definition) is 13. The number of benzene rings is 1. The molecule has 1 saturated heterocycles. The number of piperidine rings is 1. The first-order valence-electron chi connectivity index (χ1n) is 24.4. The first-order valence-corrected chi connectivity index (χ1v) is 25.3. The van der Waals surface area contributed by atoms with Gasteiger partial charge in [-0.2, -0.15) is 0 Å². The van der Waals surface area contributed by atoms with E-state index in [0.29, 0.717) is 31.4 Å². The molecule has 1 aromatic heterocycles. The van der Waals surface area contributed by atoms with Crippen molar-refractivity contribution in [1.82, 2.24) is 30.9 Å².